The molecule has 0 atom stereocenters. The van der Waals surface area contributed by atoms with Gasteiger partial charge in [0, 0.05) is 34.9 Å². The minimum absolute atomic E-state index is 0.225. The van der Waals surface area contributed by atoms with E-state index in [0.717, 1.165) is 5.56 Å². The lowest BCUT2D eigenvalue weighted by molar-refractivity contribution is 0.101. The Bertz CT molecular complexity index is 984. The molecule has 6 heteroatoms. The van der Waals surface area contributed by atoms with Crippen molar-refractivity contribution in [2.24, 2.45) is 0 Å². The van der Waals surface area contributed by atoms with E-state index < -0.39 is 0 Å². The molecule has 0 fully saturated rings. The number of hydrogen-bond acceptors (Lipinski definition) is 4. The van der Waals surface area contributed by atoms with Gasteiger partial charge in [0.1, 0.15) is 5.75 Å². The van der Waals surface area contributed by atoms with Gasteiger partial charge in [0.15, 0.2) is 0 Å². The second-order valence-corrected chi connectivity index (χ2v) is 6.14. The molecule has 0 spiro atoms. The topological polar surface area (TPSA) is 80.3 Å². The summed E-state index contributed by atoms with van der Waals surface area (Å²) in [7, 11) is 0. The molecule has 0 bridgehead atoms. The van der Waals surface area contributed by atoms with Crippen LogP contribution in [0.3, 0.4) is 0 Å². The van der Waals surface area contributed by atoms with Crippen LogP contribution in [0.2, 0.25) is 0 Å². The van der Waals surface area contributed by atoms with E-state index in [0.29, 0.717) is 34.9 Å². The normalized spacial score (nSPS) is 10.2. The lowest BCUT2D eigenvalue weighted by Crippen LogP contribution is -2.14. The summed E-state index contributed by atoms with van der Waals surface area (Å²) in [6, 6.07) is 15.5. The van der Waals surface area contributed by atoms with Gasteiger partial charge in [0.25, 0.3) is 11.8 Å². The van der Waals surface area contributed by atoms with Gasteiger partial charge in [-0.2, -0.15) is 0 Å². The number of amides is 2. The Kier molecular flexibility index (Phi) is 6.01. The molecule has 6 nitrogen and oxygen atoms in total. The molecule has 0 aliphatic rings. The quantitative estimate of drug-likeness (QED) is 0.673. The van der Waals surface area contributed by atoms with Gasteiger partial charge in [-0.3, -0.25) is 14.6 Å². The number of aryl methyl sites for hydroxylation is 1. The fourth-order valence-corrected chi connectivity index (χ4v) is 2.61. The van der Waals surface area contributed by atoms with E-state index in [-0.39, 0.29) is 11.8 Å². The summed E-state index contributed by atoms with van der Waals surface area (Å²) >= 11 is 0. The molecule has 2 aromatic carbocycles. The Morgan fingerprint density at radius 3 is 2.43 bits per heavy atom. The van der Waals surface area contributed by atoms with Crippen LogP contribution in [0.5, 0.6) is 5.75 Å². The first-order chi connectivity index (χ1) is 13.6. The zero-order chi connectivity index (χ0) is 19.9. The smallest absolute Gasteiger partial charge is 0.255 e. The van der Waals surface area contributed by atoms with Crippen molar-refractivity contribution in [3.05, 3.63) is 83.7 Å². The number of nitrogens with zero attached hydrogens (tertiary/aromatic N) is 1. The van der Waals surface area contributed by atoms with Gasteiger partial charge in [-0.25, -0.2) is 0 Å². The van der Waals surface area contributed by atoms with E-state index in [2.05, 4.69) is 15.6 Å². The van der Waals surface area contributed by atoms with Crippen LogP contribution in [0, 0.1) is 6.92 Å². The zero-order valence-corrected chi connectivity index (χ0v) is 15.7. The summed E-state index contributed by atoms with van der Waals surface area (Å²) in [5.41, 5.74) is 3.19. The molecule has 2 amide bonds. The van der Waals surface area contributed by atoms with E-state index in [9.17, 15) is 9.59 Å². The summed E-state index contributed by atoms with van der Waals surface area (Å²) in [4.78, 5) is 28.8. The second kappa shape index (κ2) is 8.81. The number of carbonyl (C=O) groups is 2. The van der Waals surface area contributed by atoms with Gasteiger partial charge in [-0.15, -0.1) is 0 Å². The number of nitrogens with one attached hydrogen (secondary N) is 2. The van der Waals surface area contributed by atoms with Crippen LogP contribution >= 0.6 is 0 Å². The van der Waals surface area contributed by atoms with Crippen molar-refractivity contribution in [3.8, 4) is 5.75 Å². The molecule has 1 aromatic heterocycles. The average molecular weight is 375 g/mol. The highest BCUT2D eigenvalue weighted by Crippen LogP contribution is 2.17. The van der Waals surface area contributed by atoms with E-state index >= 15 is 0 Å². The third kappa shape index (κ3) is 4.73. The largest absolute Gasteiger partial charge is 0.494 e. The molecule has 0 saturated heterocycles. The predicted octanol–water partition coefficient (Wildman–Crippen LogP) is 4.29. The first kappa shape index (κ1) is 19.1. The molecule has 28 heavy (non-hydrogen) atoms. The van der Waals surface area contributed by atoms with Gasteiger partial charge in [0.05, 0.1) is 6.61 Å². The maximum atomic E-state index is 12.4. The Hall–Kier alpha value is -3.67. The summed E-state index contributed by atoms with van der Waals surface area (Å²) in [5.74, 6) is 0.177. The molecule has 3 rings (SSSR count). The third-order valence-corrected chi connectivity index (χ3v) is 4.08. The molecule has 0 unspecified atom stereocenters. The first-order valence-electron chi connectivity index (χ1n) is 8.93. The molecule has 2 N–H and O–H groups in total. The van der Waals surface area contributed by atoms with Gasteiger partial charge in [-0.1, -0.05) is 6.07 Å². The minimum Gasteiger partial charge on any atom is -0.494 e. The number of hydrogen-bond donors (Lipinski definition) is 2. The molecular formula is C22H21N3O3. The third-order valence-electron chi connectivity index (χ3n) is 4.08. The molecule has 3 aromatic rings. The SMILES string of the molecule is CCOc1cccc(C(=O)Nc2ccc(C(=O)Nc3ccncc3C)cc2)c1. The lowest BCUT2D eigenvalue weighted by atomic mass is 10.1. The molecule has 0 saturated carbocycles. The number of benzene rings is 2. The lowest BCUT2D eigenvalue weighted by Gasteiger charge is -2.09. The van der Waals surface area contributed by atoms with E-state index in [1.54, 1.807) is 67.0 Å². The number of carbonyl (C=O) groups excluding carboxylic acids is 2. The van der Waals surface area contributed by atoms with Crippen molar-refractivity contribution in [3.63, 3.8) is 0 Å². The van der Waals surface area contributed by atoms with Crippen LogP contribution in [0.15, 0.2) is 67.0 Å². The summed E-state index contributed by atoms with van der Waals surface area (Å²) < 4.78 is 5.42. The van der Waals surface area contributed by atoms with Crippen LogP contribution in [-0.4, -0.2) is 23.4 Å². The second-order valence-electron chi connectivity index (χ2n) is 6.14. The van der Waals surface area contributed by atoms with Crippen molar-refractivity contribution in [2.75, 3.05) is 17.2 Å². The minimum atomic E-state index is -0.244. The monoisotopic (exact) mass is 375 g/mol. The van der Waals surface area contributed by atoms with Gasteiger partial charge >= 0.3 is 0 Å². The number of ether oxygens (including phenoxy) is 1. The van der Waals surface area contributed by atoms with Crippen molar-refractivity contribution in [1.29, 1.82) is 0 Å². The van der Waals surface area contributed by atoms with E-state index in [4.69, 9.17) is 4.74 Å². The fourth-order valence-electron chi connectivity index (χ4n) is 2.61. The predicted molar refractivity (Wildman–Crippen MR) is 109 cm³/mol. The van der Waals surface area contributed by atoms with Crippen LogP contribution < -0.4 is 15.4 Å². The standard InChI is InChI=1S/C22H21N3O3/c1-3-28-19-6-4-5-17(13-19)22(27)24-18-9-7-16(8-10-18)21(26)25-20-11-12-23-14-15(20)2/h4-14H,3H2,1-2H3,(H,24,27)(H,23,25,26). The maximum Gasteiger partial charge on any atom is 0.255 e. The highest BCUT2D eigenvalue weighted by atomic mass is 16.5. The van der Waals surface area contributed by atoms with Gasteiger partial charge in [0.2, 0.25) is 0 Å². The van der Waals surface area contributed by atoms with Crippen molar-refractivity contribution >= 4 is 23.2 Å². The van der Waals surface area contributed by atoms with Gasteiger partial charge < -0.3 is 15.4 Å². The summed E-state index contributed by atoms with van der Waals surface area (Å²) in [6.45, 7) is 4.30. The maximum absolute atomic E-state index is 12.4. The van der Waals surface area contributed by atoms with E-state index in [1.165, 1.54) is 0 Å². The molecule has 0 radical (unpaired) electrons. The molecular weight excluding hydrogens is 354 g/mol. The number of rotatable bonds is 6. The van der Waals surface area contributed by atoms with E-state index in [1.807, 2.05) is 13.8 Å². The van der Waals surface area contributed by atoms with Crippen molar-refractivity contribution in [1.82, 2.24) is 4.98 Å². The molecule has 142 valence electrons. The Labute approximate surface area is 163 Å². The van der Waals surface area contributed by atoms with Crippen LogP contribution in [-0.2, 0) is 0 Å². The van der Waals surface area contributed by atoms with Crippen LogP contribution in [0.25, 0.3) is 0 Å². The highest BCUT2D eigenvalue weighted by Gasteiger charge is 2.10. The number of anilines is 2. The summed E-state index contributed by atoms with van der Waals surface area (Å²) in [6.07, 6.45) is 3.32. The van der Waals surface area contributed by atoms with Crippen LogP contribution in [0.4, 0.5) is 11.4 Å². The molecule has 1 heterocycles. The van der Waals surface area contributed by atoms with Crippen molar-refractivity contribution < 1.29 is 14.3 Å². The highest BCUT2D eigenvalue weighted by molar-refractivity contribution is 6.06. The van der Waals surface area contributed by atoms with Crippen molar-refractivity contribution in [2.45, 2.75) is 13.8 Å². The summed E-state index contributed by atoms with van der Waals surface area (Å²) in [5, 5.41) is 5.67. The Morgan fingerprint density at radius 2 is 1.71 bits per heavy atom. The fraction of sp³-hybridized carbons (Fsp3) is 0.136. The first-order valence-corrected chi connectivity index (χ1v) is 8.93. The molecule has 0 aliphatic carbocycles. The average Bonchev–Trinajstić information content (AvgIpc) is 2.71. The van der Waals surface area contributed by atoms with Crippen LogP contribution in [0.1, 0.15) is 33.2 Å². The number of aromatic nitrogens is 1. The van der Waals surface area contributed by atoms with Gasteiger partial charge in [-0.05, 0) is 67.9 Å². The number of pyridine rings is 1. The Balaban J connectivity index is 1.65. The Morgan fingerprint density at radius 1 is 0.964 bits per heavy atom. The zero-order valence-electron chi connectivity index (χ0n) is 15.7. The molecule has 0 aliphatic heterocycles.